The van der Waals surface area contributed by atoms with Crippen LogP contribution in [0.25, 0.3) is 0 Å². The number of rotatable bonds is 9. The second-order valence-corrected chi connectivity index (χ2v) is 6.09. The molecule has 0 spiro atoms. The van der Waals surface area contributed by atoms with Crippen LogP contribution in [-0.4, -0.2) is 24.6 Å². The predicted octanol–water partition coefficient (Wildman–Crippen LogP) is 4.38. The summed E-state index contributed by atoms with van der Waals surface area (Å²) in [6.45, 7) is 4.39. The van der Waals surface area contributed by atoms with E-state index >= 15 is 0 Å². The number of aromatic nitrogens is 1. The van der Waals surface area contributed by atoms with Crippen LogP contribution in [-0.2, 0) is 6.54 Å². The third-order valence-electron chi connectivity index (χ3n) is 4.00. The Morgan fingerprint density at radius 1 is 1.07 bits per heavy atom. The molecule has 0 bridgehead atoms. The maximum Gasteiger partial charge on any atom is 0.251 e. The number of carbonyl (C=O) groups is 1. The number of pyridine rings is 1. The Hall–Kier alpha value is -3.80. The minimum atomic E-state index is -0.169. The van der Waals surface area contributed by atoms with Crippen molar-refractivity contribution in [3.8, 4) is 23.1 Å². The van der Waals surface area contributed by atoms with Crippen LogP contribution in [0.1, 0.15) is 15.9 Å². The van der Waals surface area contributed by atoms with Gasteiger partial charge < -0.3 is 19.5 Å². The number of benzene rings is 2. The van der Waals surface area contributed by atoms with E-state index in [1.165, 1.54) is 0 Å². The van der Waals surface area contributed by atoms with Crippen LogP contribution in [0.15, 0.2) is 79.5 Å². The molecule has 0 aliphatic carbocycles. The van der Waals surface area contributed by atoms with E-state index in [-0.39, 0.29) is 5.91 Å². The monoisotopic (exact) mass is 390 g/mol. The van der Waals surface area contributed by atoms with Crippen LogP contribution in [0.5, 0.6) is 23.1 Å². The summed E-state index contributed by atoms with van der Waals surface area (Å²) >= 11 is 0. The van der Waals surface area contributed by atoms with Gasteiger partial charge in [-0.25, -0.2) is 4.98 Å². The largest absolute Gasteiger partial charge is 0.497 e. The Kier molecular flexibility index (Phi) is 6.84. The Labute approximate surface area is 169 Å². The zero-order valence-electron chi connectivity index (χ0n) is 16.1. The Balaban J connectivity index is 1.52. The van der Waals surface area contributed by atoms with Crippen molar-refractivity contribution in [2.75, 3.05) is 13.7 Å². The average molecular weight is 390 g/mol. The summed E-state index contributed by atoms with van der Waals surface area (Å²) in [6.07, 6.45) is 3.34. The molecular weight excluding hydrogens is 368 g/mol. The number of amides is 1. The molecule has 2 aromatic carbocycles. The van der Waals surface area contributed by atoms with E-state index < -0.39 is 0 Å². The fraction of sp³-hybridized carbons (Fsp3) is 0.130. The molecule has 0 saturated heterocycles. The Bertz CT molecular complexity index is 953. The third-order valence-corrected chi connectivity index (χ3v) is 4.00. The van der Waals surface area contributed by atoms with E-state index in [0.29, 0.717) is 41.8 Å². The molecule has 0 aliphatic rings. The number of nitrogens with one attached hydrogen (secondary N) is 1. The first kappa shape index (κ1) is 19.9. The standard InChI is InChI=1S/C23H22N2O4/c1-3-13-28-19-10-8-18(9-11-19)23(26)25-16-17-7-12-22(24-15-17)29-21-6-4-5-20(14-21)27-2/h3-12,14-15H,1,13,16H2,2H3,(H,25,26). The third kappa shape index (κ3) is 5.84. The van der Waals surface area contributed by atoms with E-state index in [9.17, 15) is 4.79 Å². The molecule has 1 heterocycles. The summed E-state index contributed by atoms with van der Waals surface area (Å²) < 4.78 is 16.3. The van der Waals surface area contributed by atoms with Crippen LogP contribution >= 0.6 is 0 Å². The van der Waals surface area contributed by atoms with Gasteiger partial charge in [0.1, 0.15) is 23.9 Å². The highest BCUT2D eigenvalue weighted by Gasteiger charge is 2.06. The molecule has 0 unspecified atom stereocenters. The van der Waals surface area contributed by atoms with Crippen molar-refractivity contribution in [3.05, 3.63) is 90.6 Å². The average Bonchev–Trinajstić information content (AvgIpc) is 2.77. The van der Waals surface area contributed by atoms with Gasteiger partial charge in [0.05, 0.1) is 7.11 Å². The molecule has 148 valence electrons. The van der Waals surface area contributed by atoms with Gasteiger partial charge in [-0.1, -0.05) is 24.8 Å². The summed E-state index contributed by atoms with van der Waals surface area (Å²) in [7, 11) is 1.60. The number of carbonyl (C=O) groups excluding carboxylic acids is 1. The van der Waals surface area contributed by atoms with Crippen LogP contribution in [0.3, 0.4) is 0 Å². The van der Waals surface area contributed by atoms with Crippen LogP contribution in [0.2, 0.25) is 0 Å². The van der Waals surface area contributed by atoms with Crippen molar-refractivity contribution < 1.29 is 19.0 Å². The lowest BCUT2D eigenvalue weighted by Gasteiger charge is -2.09. The number of methoxy groups -OCH3 is 1. The minimum Gasteiger partial charge on any atom is -0.497 e. The predicted molar refractivity (Wildman–Crippen MR) is 111 cm³/mol. The van der Waals surface area contributed by atoms with Gasteiger partial charge in [-0.05, 0) is 42.0 Å². The molecule has 1 amide bonds. The molecule has 1 aromatic heterocycles. The van der Waals surface area contributed by atoms with Crippen LogP contribution in [0, 0.1) is 0 Å². The molecule has 0 fully saturated rings. The molecule has 0 aliphatic heterocycles. The van der Waals surface area contributed by atoms with Gasteiger partial charge in [0.2, 0.25) is 5.88 Å². The summed E-state index contributed by atoms with van der Waals surface area (Å²) in [4.78, 5) is 16.6. The summed E-state index contributed by atoms with van der Waals surface area (Å²) in [5.74, 6) is 2.33. The van der Waals surface area contributed by atoms with Crippen molar-refractivity contribution in [2.45, 2.75) is 6.54 Å². The topological polar surface area (TPSA) is 69.7 Å². The van der Waals surface area contributed by atoms with E-state index in [1.54, 1.807) is 55.8 Å². The summed E-state index contributed by atoms with van der Waals surface area (Å²) in [5, 5.41) is 2.87. The molecule has 3 aromatic rings. The normalized spacial score (nSPS) is 10.1. The van der Waals surface area contributed by atoms with Gasteiger partial charge in [-0.15, -0.1) is 0 Å². The van der Waals surface area contributed by atoms with Gasteiger partial charge in [-0.2, -0.15) is 0 Å². The quantitative estimate of drug-likeness (QED) is 0.549. The zero-order valence-corrected chi connectivity index (χ0v) is 16.1. The SMILES string of the molecule is C=CCOc1ccc(C(=O)NCc2ccc(Oc3cccc(OC)c3)nc2)cc1. The van der Waals surface area contributed by atoms with E-state index in [2.05, 4.69) is 16.9 Å². The molecular formula is C23H22N2O4. The van der Waals surface area contributed by atoms with Crippen LogP contribution in [0.4, 0.5) is 0 Å². The van der Waals surface area contributed by atoms with Crippen molar-refractivity contribution >= 4 is 5.91 Å². The molecule has 0 saturated carbocycles. The molecule has 6 heteroatoms. The highest BCUT2D eigenvalue weighted by atomic mass is 16.5. The number of ether oxygens (including phenoxy) is 3. The van der Waals surface area contributed by atoms with Gasteiger partial charge in [0.25, 0.3) is 5.91 Å². The summed E-state index contributed by atoms with van der Waals surface area (Å²) in [6, 6.07) is 17.9. The highest BCUT2D eigenvalue weighted by molar-refractivity contribution is 5.94. The van der Waals surface area contributed by atoms with E-state index in [0.717, 1.165) is 5.56 Å². The minimum absolute atomic E-state index is 0.169. The lowest BCUT2D eigenvalue weighted by atomic mass is 10.2. The van der Waals surface area contributed by atoms with Gasteiger partial charge in [0.15, 0.2) is 0 Å². The van der Waals surface area contributed by atoms with Gasteiger partial charge in [0, 0.05) is 30.4 Å². The summed E-state index contributed by atoms with van der Waals surface area (Å²) in [5.41, 5.74) is 1.42. The Morgan fingerprint density at radius 3 is 2.55 bits per heavy atom. The molecule has 3 rings (SSSR count). The van der Waals surface area contributed by atoms with E-state index in [1.807, 2.05) is 24.3 Å². The zero-order chi connectivity index (χ0) is 20.5. The number of hydrogen-bond donors (Lipinski definition) is 1. The molecule has 0 radical (unpaired) electrons. The lowest BCUT2D eigenvalue weighted by molar-refractivity contribution is 0.0951. The molecule has 6 nitrogen and oxygen atoms in total. The number of nitrogens with zero attached hydrogens (tertiary/aromatic N) is 1. The Morgan fingerprint density at radius 2 is 1.86 bits per heavy atom. The fourth-order valence-electron chi connectivity index (χ4n) is 2.50. The fourth-order valence-corrected chi connectivity index (χ4v) is 2.50. The maximum atomic E-state index is 12.3. The van der Waals surface area contributed by atoms with Crippen molar-refractivity contribution in [1.82, 2.24) is 10.3 Å². The second kappa shape index (κ2) is 9.94. The van der Waals surface area contributed by atoms with Gasteiger partial charge in [-0.3, -0.25) is 4.79 Å². The second-order valence-electron chi connectivity index (χ2n) is 6.09. The first-order chi connectivity index (χ1) is 14.2. The maximum absolute atomic E-state index is 12.3. The van der Waals surface area contributed by atoms with Crippen molar-refractivity contribution in [2.24, 2.45) is 0 Å². The van der Waals surface area contributed by atoms with E-state index in [4.69, 9.17) is 14.2 Å². The van der Waals surface area contributed by atoms with Crippen molar-refractivity contribution in [1.29, 1.82) is 0 Å². The van der Waals surface area contributed by atoms with Crippen molar-refractivity contribution in [3.63, 3.8) is 0 Å². The molecule has 1 N–H and O–H groups in total. The molecule has 0 atom stereocenters. The van der Waals surface area contributed by atoms with Crippen LogP contribution < -0.4 is 19.5 Å². The smallest absolute Gasteiger partial charge is 0.251 e. The first-order valence-corrected chi connectivity index (χ1v) is 9.07. The lowest BCUT2D eigenvalue weighted by Crippen LogP contribution is -2.22. The molecule has 29 heavy (non-hydrogen) atoms. The number of hydrogen-bond acceptors (Lipinski definition) is 5. The first-order valence-electron chi connectivity index (χ1n) is 9.07. The highest BCUT2D eigenvalue weighted by Crippen LogP contribution is 2.23. The van der Waals surface area contributed by atoms with Gasteiger partial charge >= 0.3 is 0 Å².